The number of benzene rings is 1. The van der Waals surface area contributed by atoms with Crippen molar-refractivity contribution in [2.24, 2.45) is 0 Å². The molecule has 0 aliphatic carbocycles. The van der Waals surface area contributed by atoms with E-state index in [-0.39, 0.29) is 18.4 Å². The lowest BCUT2D eigenvalue weighted by Gasteiger charge is -2.39. The Morgan fingerprint density at radius 1 is 1.20 bits per heavy atom. The van der Waals surface area contributed by atoms with Crippen LogP contribution in [0.1, 0.15) is 44.9 Å². The van der Waals surface area contributed by atoms with Crippen molar-refractivity contribution in [1.82, 2.24) is 9.80 Å². The average Bonchev–Trinajstić information content (AvgIpc) is 2.65. The highest BCUT2D eigenvalue weighted by molar-refractivity contribution is 6.74. The van der Waals surface area contributed by atoms with Crippen LogP contribution in [0.15, 0.2) is 37.0 Å². The van der Waals surface area contributed by atoms with Crippen molar-refractivity contribution < 1.29 is 22.7 Å². The quantitative estimate of drug-likeness (QED) is 0.360. The van der Waals surface area contributed by atoms with E-state index in [4.69, 9.17) is 4.43 Å². The molecule has 0 saturated heterocycles. The molecule has 0 radical (unpaired) electrons. The number of hydrogen-bond acceptors (Lipinski definition) is 4. The Balaban J connectivity index is 3.22. The molecule has 0 saturated carbocycles. The summed E-state index contributed by atoms with van der Waals surface area (Å²) in [6.07, 6.45) is -2.70. The SMILES string of the molecule is C=CN(CC)CCN(CO)C(CO[Si](C)(C)C(C)(C)C)c1cccc(C(F)(F)F)c1. The monoisotopic (exact) mass is 446 g/mol. The van der Waals surface area contributed by atoms with Crippen molar-refractivity contribution in [2.75, 3.05) is 33.0 Å². The van der Waals surface area contributed by atoms with Crippen molar-refractivity contribution in [3.05, 3.63) is 48.2 Å². The van der Waals surface area contributed by atoms with Crippen molar-refractivity contribution >= 4 is 8.32 Å². The molecular weight excluding hydrogens is 409 g/mol. The van der Waals surface area contributed by atoms with Gasteiger partial charge in [0.2, 0.25) is 0 Å². The van der Waals surface area contributed by atoms with Gasteiger partial charge in [0.15, 0.2) is 8.32 Å². The minimum absolute atomic E-state index is 0.0305. The van der Waals surface area contributed by atoms with Crippen molar-refractivity contribution in [3.63, 3.8) is 0 Å². The summed E-state index contributed by atoms with van der Waals surface area (Å²) in [5.74, 6) is 0. The fourth-order valence-corrected chi connectivity index (χ4v) is 3.81. The number of likely N-dealkylation sites (N-methyl/N-ethyl adjacent to an activating group) is 1. The Morgan fingerprint density at radius 2 is 1.83 bits per heavy atom. The van der Waals surface area contributed by atoms with Gasteiger partial charge in [-0.3, -0.25) is 4.90 Å². The normalized spacial score (nSPS) is 14.1. The molecule has 0 aliphatic heterocycles. The van der Waals surface area contributed by atoms with Crippen molar-refractivity contribution in [1.29, 1.82) is 0 Å². The zero-order valence-electron chi connectivity index (χ0n) is 19.1. The van der Waals surface area contributed by atoms with E-state index in [1.54, 1.807) is 17.2 Å². The van der Waals surface area contributed by atoms with E-state index in [0.29, 0.717) is 18.7 Å². The molecule has 0 bridgehead atoms. The molecule has 0 fully saturated rings. The minimum atomic E-state index is -4.42. The third-order valence-corrected chi connectivity index (χ3v) is 10.5. The van der Waals surface area contributed by atoms with Gasteiger partial charge in [0.25, 0.3) is 0 Å². The molecule has 0 amide bonds. The van der Waals surface area contributed by atoms with Gasteiger partial charge in [0.1, 0.15) is 0 Å². The summed E-state index contributed by atoms with van der Waals surface area (Å²) < 4.78 is 46.2. The first kappa shape index (κ1) is 26.7. The molecule has 0 spiro atoms. The summed E-state index contributed by atoms with van der Waals surface area (Å²) in [6, 6.07) is 4.82. The highest BCUT2D eigenvalue weighted by atomic mass is 28.4. The van der Waals surface area contributed by atoms with Crippen LogP contribution in [-0.2, 0) is 10.6 Å². The van der Waals surface area contributed by atoms with Crippen LogP contribution in [0.5, 0.6) is 0 Å². The number of nitrogens with zero attached hydrogens (tertiary/aromatic N) is 2. The van der Waals surface area contributed by atoms with E-state index >= 15 is 0 Å². The molecular formula is C22H37F3N2O2Si. The maximum atomic E-state index is 13.3. The fourth-order valence-electron chi connectivity index (χ4n) is 2.80. The molecule has 1 aromatic rings. The van der Waals surface area contributed by atoms with E-state index in [0.717, 1.165) is 18.7 Å². The minimum Gasteiger partial charge on any atom is -0.415 e. The Kier molecular flexibility index (Phi) is 9.60. The Hall–Kier alpha value is -1.35. The van der Waals surface area contributed by atoms with Crippen molar-refractivity contribution in [2.45, 2.75) is 58.0 Å². The van der Waals surface area contributed by atoms with E-state index in [9.17, 15) is 18.3 Å². The third-order valence-electron chi connectivity index (χ3n) is 5.97. The summed E-state index contributed by atoms with van der Waals surface area (Å²) in [4.78, 5) is 3.75. The highest BCUT2D eigenvalue weighted by Gasteiger charge is 2.38. The van der Waals surface area contributed by atoms with Gasteiger partial charge in [-0.15, -0.1) is 0 Å². The van der Waals surface area contributed by atoms with E-state index in [1.165, 1.54) is 6.07 Å². The number of hydrogen-bond donors (Lipinski definition) is 1. The average molecular weight is 447 g/mol. The molecule has 1 aromatic carbocycles. The van der Waals surface area contributed by atoms with Gasteiger partial charge in [0, 0.05) is 19.6 Å². The highest BCUT2D eigenvalue weighted by Crippen LogP contribution is 2.38. The molecule has 1 rings (SSSR count). The summed E-state index contributed by atoms with van der Waals surface area (Å²) in [7, 11) is -2.13. The van der Waals surface area contributed by atoms with Crippen LogP contribution in [-0.4, -0.2) is 56.2 Å². The molecule has 0 heterocycles. The first-order valence-corrected chi connectivity index (χ1v) is 13.2. The number of aliphatic hydroxyl groups is 1. The van der Waals surface area contributed by atoms with Gasteiger partial charge < -0.3 is 14.4 Å². The zero-order valence-corrected chi connectivity index (χ0v) is 20.1. The predicted molar refractivity (Wildman–Crippen MR) is 119 cm³/mol. The summed E-state index contributed by atoms with van der Waals surface area (Å²) in [5.41, 5.74) is -0.212. The first-order chi connectivity index (χ1) is 13.8. The second-order valence-corrected chi connectivity index (χ2v) is 13.8. The lowest BCUT2D eigenvalue weighted by molar-refractivity contribution is -0.137. The lowest BCUT2D eigenvalue weighted by atomic mass is 10.0. The van der Waals surface area contributed by atoms with Gasteiger partial charge in [-0.05, 0) is 49.0 Å². The smallest absolute Gasteiger partial charge is 0.415 e. The van der Waals surface area contributed by atoms with Crippen LogP contribution in [0.25, 0.3) is 0 Å². The maximum absolute atomic E-state index is 13.3. The molecule has 0 aromatic heterocycles. The Labute approximate surface area is 180 Å². The lowest BCUT2D eigenvalue weighted by Crippen LogP contribution is -2.44. The molecule has 1 atom stereocenters. The fraction of sp³-hybridized carbons (Fsp3) is 0.636. The van der Waals surface area contributed by atoms with Crippen LogP contribution < -0.4 is 0 Å². The van der Waals surface area contributed by atoms with Gasteiger partial charge in [-0.1, -0.05) is 39.5 Å². The topological polar surface area (TPSA) is 35.9 Å². The number of aliphatic hydroxyl groups excluding tert-OH is 1. The van der Waals surface area contributed by atoms with Gasteiger partial charge in [0.05, 0.1) is 24.9 Å². The molecule has 8 heteroatoms. The molecule has 1 N–H and O–H groups in total. The van der Waals surface area contributed by atoms with Crippen LogP contribution in [0.2, 0.25) is 18.1 Å². The van der Waals surface area contributed by atoms with Gasteiger partial charge in [-0.25, -0.2) is 0 Å². The van der Waals surface area contributed by atoms with Gasteiger partial charge >= 0.3 is 6.18 Å². The predicted octanol–water partition coefficient (Wildman–Crippen LogP) is 5.49. The number of rotatable bonds is 11. The second-order valence-electron chi connectivity index (χ2n) is 8.98. The van der Waals surface area contributed by atoms with Crippen molar-refractivity contribution in [3.8, 4) is 0 Å². The van der Waals surface area contributed by atoms with E-state index in [1.807, 2.05) is 11.8 Å². The molecule has 172 valence electrons. The summed E-state index contributed by atoms with van der Waals surface area (Å²) in [5, 5.41) is 10.0. The van der Waals surface area contributed by atoms with Crippen LogP contribution >= 0.6 is 0 Å². The standard InChI is InChI=1S/C22H37F3N2O2Si/c1-8-26(9-2)13-14-27(17-28)20(16-29-30(6,7)21(3,4)5)18-11-10-12-19(15-18)22(23,24)25/h8,10-12,15,20,28H,1,9,13-14,16-17H2,2-7H3. The third kappa shape index (κ3) is 7.41. The number of halogens is 3. The molecule has 0 aliphatic rings. The first-order valence-electron chi connectivity index (χ1n) is 10.3. The van der Waals surface area contributed by atoms with Crippen LogP contribution in [0, 0.1) is 0 Å². The van der Waals surface area contributed by atoms with E-state index in [2.05, 4.69) is 40.4 Å². The van der Waals surface area contributed by atoms with Gasteiger partial charge in [-0.2, -0.15) is 13.2 Å². The second kappa shape index (κ2) is 10.8. The molecule has 1 unspecified atom stereocenters. The van der Waals surface area contributed by atoms with E-state index < -0.39 is 26.1 Å². The van der Waals surface area contributed by atoms with Crippen LogP contribution in [0.3, 0.4) is 0 Å². The molecule has 4 nitrogen and oxygen atoms in total. The Morgan fingerprint density at radius 3 is 2.30 bits per heavy atom. The number of alkyl halides is 3. The Bertz CT molecular complexity index is 675. The van der Waals surface area contributed by atoms with Crippen LogP contribution in [0.4, 0.5) is 13.2 Å². The zero-order chi connectivity index (χ0) is 23.2. The maximum Gasteiger partial charge on any atom is 0.416 e. The summed E-state index contributed by atoms with van der Waals surface area (Å²) >= 11 is 0. The molecule has 30 heavy (non-hydrogen) atoms. The summed E-state index contributed by atoms with van der Waals surface area (Å²) in [6.45, 7) is 18.1. The largest absolute Gasteiger partial charge is 0.416 e.